The van der Waals surface area contributed by atoms with Crippen molar-refractivity contribution in [3.05, 3.63) is 47.7 Å². The monoisotopic (exact) mass is 478 g/mol. The summed E-state index contributed by atoms with van der Waals surface area (Å²) in [6.07, 6.45) is -0.192. The fraction of sp³-hybridized carbons (Fsp3) is 0.417. The fourth-order valence-electron chi connectivity index (χ4n) is 3.88. The van der Waals surface area contributed by atoms with Crippen molar-refractivity contribution in [3.8, 4) is 11.5 Å². The number of alkyl halides is 3. The Hall–Kier alpha value is -3.27. The topological polar surface area (TPSA) is 75.7 Å². The van der Waals surface area contributed by atoms with Crippen molar-refractivity contribution in [2.75, 3.05) is 36.5 Å². The van der Waals surface area contributed by atoms with Crippen LogP contribution in [0, 0.1) is 0 Å². The first-order chi connectivity index (χ1) is 16.2. The molecule has 0 spiro atoms. The number of anilines is 2. The minimum absolute atomic E-state index is 0.212. The van der Waals surface area contributed by atoms with Gasteiger partial charge < -0.3 is 25.0 Å². The molecule has 2 unspecified atom stereocenters. The van der Waals surface area contributed by atoms with Crippen LogP contribution in [-0.2, 0) is 11.0 Å². The molecular weight excluding hydrogens is 449 g/mol. The summed E-state index contributed by atoms with van der Waals surface area (Å²) in [4.78, 5) is 16.0. The summed E-state index contributed by atoms with van der Waals surface area (Å²) in [5.41, 5.74) is 0.579. The van der Waals surface area contributed by atoms with Gasteiger partial charge in [-0.25, -0.2) is 4.98 Å². The zero-order valence-electron chi connectivity index (χ0n) is 19.4. The summed E-state index contributed by atoms with van der Waals surface area (Å²) >= 11 is 0. The molecule has 0 radical (unpaired) electrons. The number of benzene rings is 1. The van der Waals surface area contributed by atoms with E-state index in [1.54, 1.807) is 24.3 Å². The number of aromatic nitrogens is 1. The molecule has 184 valence electrons. The lowest BCUT2D eigenvalue weighted by Crippen LogP contribution is -2.54. The summed E-state index contributed by atoms with van der Waals surface area (Å²) < 4.78 is 49.3. The first-order valence-electron chi connectivity index (χ1n) is 11.0. The first-order valence-corrected chi connectivity index (χ1v) is 11.0. The highest BCUT2D eigenvalue weighted by Crippen LogP contribution is 2.33. The number of hydrogen-bond acceptors (Lipinski definition) is 6. The Morgan fingerprint density at radius 3 is 2.38 bits per heavy atom. The van der Waals surface area contributed by atoms with Crippen LogP contribution in [0.25, 0.3) is 6.08 Å². The number of rotatable bonds is 4. The molecule has 1 aromatic carbocycles. The number of pyridine rings is 1. The van der Waals surface area contributed by atoms with Crippen molar-refractivity contribution < 1.29 is 27.4 Å². The van der Waals surface area contributed by atoms with E-state index in [4.69, 9.17) is 9.47 Å². The van der Waals surface area contributed by atoms with E-state index in [0.29, 0.717) is 55.5 Å². The number of carbonyl (C=O) groups is 1. The third-order valence-electron chi connectivity index (χ3n) is 5.17. The summed E-state index contributed by atoms with van der Waals surface area (Å²) in [7, 11) is 0. The molecule has 2 aromatic rings. The molecular formula is C24H29F3N4O3. The molecule has 10 heteroatoms. The molecule has 4 rings (SSSR count). The molecule has 2 atom stereocenters. The molecule has 1 amide bonds. The fourth-order valence-corrected chi connectivity index (χ4v) is 3.88. The largest absolute Gasteiger partial charge is 0.486 e. The summed E-state index contributed by atoms with van der Waals surface area (Å²) in [5, 5.41) is 5.91. The number of ether oxygens (including phenoxy) is 2. The smallest absolute Gasteiger partial charge is 0.433 e. The van der Waals surface area contributed by atoms with Crippen LogP contribution in [0.4, 0.5) is 24.7 Å². The van der Waals surface area contributed by atoms with Gasteiger partial charge >= 0.3 is 6.18 Å². The number of hydrogen-bond donors (Lipinski definition) is 2. The molecule has 1 saturated heterocycles. The predicted molar refractivity (Wildman–Crippen MR) is 125 cm³/mol. The zero-order valence-corrected chi connectivity index (χ0v) is 19.4. The standard InChI is InChI=1S/C15H20F3N3.C9H9NO3/c1-4-5-12-6-7-13(15(16,17)18)20-14(12)21-8-10(2)19-11(3)9-21;11-6-10-7-1-2-8-9(5-7)13-4-3-12-8/h4-7,10-11,19H,8-9H2,1-3H3;1-2,5-6H,3-4H2,(H,10,11)/b5-4+;. The van der Waals surface area contributed by atoms with Gasteiger partial charge in [-0.1, -0.05) is 12.2 Å². The molecule has 2 aliphatic heterocycles. The predicted octanol–water partition coefficient (Wildman–Crippen LogP) is 4.35. The van der Waals surface area contributed by atoms with Gasteiger partial charge in [-0.05, 0) is 45.0 Å². The van der Waals surface area contributed by atoms with Crippen LogP contribution in [0.5, 0.6) is 11.5 Å². The van der Waals surface area contributed by atoms with E-state index in [0.717, 1.165) is 11.8 Å². The second kappa shape index (κ2) is 11.2. The van der Waals surface area contributed by atoms with Crippen molar-refractivity contribution in [2.45, 2.75) is 39.0 Å². The molecule has 1 aromatic heterocycles. The van der Waals surface area contributed by atoms with Crippen LogP contribution in [0.1, 0.15) is 32.0 Å². The van der Waals surface area contributed by atoms with Crippen LogP contribution in [0.15, 0.2) is 36.4 Å². The number of carbonyl (C=O) groups excluding carboxylic acids is 1. The highest BCUT2D eigenvalue weighted by Gasteiger charge is 2.34. The zero-order chi connectivity index (χ0) is 24.7. The number of halogens is 3. The number of amides is 1. The van der Waals surface area contributed by atoms with Crippen LogP contribution >= 0.6 is 0 Å². The van der Waals surface area contributed by atoms with Crippen molar-refractivity contribution in [1.29, 1.82) is 0 Å². The van der Waals surface area contributed by atoms with Crippen molar-refractivity contribution >= 4 is 24.0 Å². The minimum Gasteiger partial charge on any atom is -0.486 e. The molecule has 7 nitrogen and oxygen atoms in total. The second-order valence-electron chi connectivity index (χ2n) is 8.10. The molecule has 2 N–H and O–H groups in total. The number of nitrogens with one attached hydrogen (secondary N) is 2. The number of nitrogens with zero attached hydrogens (tertiary/aromatic N) is 2. The molecule has 0 bridgehead atoms. The van der Waals surface area contributed by atoms with Gasteiger partial charge in [-0.15, -0.1) is 0 Å². The van der Waals surface area contributed by atoms with Gasteiger partial charge in [-0.2, -0.15) is 13.2 Å². The summed E-state index contributed by atoms with van der Waals surface area (Å²) in [5.74, 6) is 1.81. The van der Waals surface area contributed by atoms with E-state index in [1.165, 1.54) is 6.07 Å². The van der Waals surface area contributed by atoms with E-state index >= 15 is 0 Å². The average Bonchev–Trinajstić information content (AvgIpc) is 2.79. The van der Waals surface area contributed by atoms with E-state index < -0.39 is 11.9 Å². The molecule has 0 aliphatic carbocycles. The van der Waals surface area contributed by atoms with E-state index in [-0.39, 0.29) is 12.1 Å². The van der Waals surface area contributed by atoms with Crippen LogP contribution in [-0.4, -0.2) is 49.8 Å². The Bertz CT molecular complexity index is 1000. The van der Waals surface area contributed by atoms with E-state index in [1.807, 2.05) is 31.7 Å². The quantitative estimate of drug-likeness (QED) is 0.637. The normalized spacial score (nSPS) is 19.9. The van der Waals surface area contributed by atoms with E-state index in [2.05, 4.69) is 15.6 Å². The number of allylic oxidation sites excluding steroid dienone is 1. The van der Waals surface area contributed by atoms with Crippen LogP contribution in [0.3, 0.4) is 0 Å². The Balaban J connectivity index is 0.000000212. The lowest BCUT2D eigenvalue weighted by Gasteiger charge is -2.37. The molecule has 1 fully saturated rings. The highest BCUT2D eigenvalue weighted by molar-refractivity contribution is 5.72. The SMILES string of the molecule is C/C=C/c1ccc(C(F)(F)F)nc1N1CC(C)NC(C)C1.O=CNc1ccc2c(c1)OCCO2. The maximum absolute atomic E-state index is 12.9. The van der Waals surface area contributed by atoms with Crippen LogP contribution in [0.2, 0.25) is 0 Å². The van der Waals surface area contributed by atoms with Crippen molar-refractivity contribution in [3.63, 3.8) is 0 Å². The second-order valence-corrected chi connectivity index (χ2v) is 8.10. The first kappa shape index (κ1) is 25.4. The van der Waals surface area contributed by atoms with Gasteiger partial charge in [0.15, 0.2) is 11.5 Å². The molecule has 34 heavy (non-hydrogen) atoms. The number of fused-ring (bicyclic) bond motifs is 1. The summed E-state index contributed by atoms with van der Waals surface area (Å²) in [6.45, 7) is 8.29. The molecule has 3 heterocycles. The number of piperazine rings is 1. The lowest BCUT2D eigenvalue weighted by molar-refractivity contribution is -0.141. The van der Waals surface area contributed by atoms with Gasteiger partial charge in [0.25, 0.3) is 0 Å². The Kier molecular flexibility index (Phi) is 8.38. The molecule has 0 saturated carbocycles. The van der Waals surface area contributed by atoms with E-state index in [9.17, 15) is 18.0 Å². The molecule has 2 aliphatic rings. The van der Waals surface area contributed by atoms with Gasteiger partial charge in [0.2, 0.25) is 6.41 Å². The third-order valence-corrected chi connectivity index (χ3v) is 5.17. The maximum Gasteiger partial charge on any atom is 0.433 e. The van der Waals surface area contributed by atoms with Gasteiger partial charge in [0.1, 0.15) is 24.7 Å². The van der Waals surface area contributed by atoms with Gasteiger partial charge in [0, 0.05) is 42.5 Å². The highest BCUT2D eigenvalue weighted by atomic mass is 19.4. The third kappa shape index (κ3) is 6.63. The Morgan fingerprint density at radius 2 is 1.76 bits per heavy atom. The minimum atomic E-state index is -4.42. The Morgan fingerprint density at radius 1 is 1.09 bits per heavy atom. The maximum atomic E-state index is 12.9. The van der Waals surface area contributed by atoms with Crippen molar-refractivity contribution in [1.82, 2.24) is 10.3 Å². The Labute approximate surface area is 197 Å². The lowest BCUT2D eigenvalue weighted by atomic mass is 10.1. The average molecular weight is 479 g/mol. The van der Waals surface area contributed by atoms with Gasteiger partial charge in [0.05, 0.1) is 0 Å². The van der Waals surface area contributed by atoms with Gasteiger partial charge in [-0.3, -0.25) is 4.79 Å². The van der Waals surface area contributed by atoms with Crippen molar-refractivity contribution in [2.24, 2.45) is 0 Å². The van der Waals surface area contributed by atoms with Crippen LogP contribution < -0.4 is 25.0 Å². The summed E-state index contributed by atoms with van der Waals surface area (Å²) in [6, 6.07) is 8.23.